The zero-order valence-electron chi connectivity index (χ0n) is 17.1. The molecular weight excluding hydrogens is 396 g/mol. The molecule has 3 aliphatic heterocycles. The Kier molecular flexibility index (Phi) is 4.84. The molecule has 0 radical (unpaired) electrons. The number of amides is 4. The lowest BCUT2D eigenvalue weighted by Crippen LogP contribution is -2.49. The van der Waals surface area contributed by atoms with Crippen LogP contribution < -0.4 is 15.8 Å². The van der Waals surface area contributed by atoms with E-state index in [1.54, 1.807) is 36.4 Å². The smallest absolute Gasteiger partial charge is 0.329 e. The van der Waals surface area contributed by atoms with Gasteiger partial charge in [0.25, 0.3) is 11.5 Å². The number of urea groups is 1. The number of aromatic nitrogens is 1. The summed E-state index contributed by atoms with van der Waals surface area (Å²) >= 11 is 0. The molecule has 8 heteroatoms. The number of carbonyl (C=O) groups is 3. The van der Waals surface area contributed by atoms with Crippen molar-refractivity contribution in [2.24, 2.45) is 5.92 Å². The van der Waals surface area contributed by atoms with E-state index >= 15 is 0 Å². The maximum atomic E-state index is 12.9. The molecule has 0 saturated carbocycles. The number of nitrogens with one attached hydrogen (secondary N) is 1. The number of carbonyl (C=O) groups excluding carboxylic acids is 3. The monoisotopic (exact) mass is 420 g/mol. The van der Waals surface area contributed by atoms with E-state index in [-0.39, 0.29) is 42.1 Å². The molecule has 2 fully saturated rings. The van der Waals surface area contributed by atoms with E-state index in [2.05, 4.69) is 5.32 Å². The minimum atomic E-state index is -0.694. The van der Waals surface area contributed by atoms with Crippen LogP contribution in [0.3, 0.4) is 0 Å². The van der Waals surface area contributed by atoms with Crippen molar-refractivity contribution >= 4 is 23.5 Å². The standard InChI is InChI=1S/C23H24N4O4/c28-20(10-9-18-22(30)27(23(31)24-18)17-5-2-1-3-6-17)25-12-15-11-16(14-25)19-7-4-8-21(29)26(19)13-15/h1-8,15-16,18H,9-14H2,(H,24,31)/t15?,16?,18-/m0/s1. The van der Waals surface area contributed by atoms with Crippen LogP contribution in [0.15, 0.2) is 53.3 Å². The fraction of sp³-hybridized carbons (Fsp3) is 0.391. The molecule has 0 spiro atoms. The number of fused-ring (bicyclic) bond motifs is 4. The molecule has 1 aromatic heterocycles. The summed E-state index contributed by atoms with van der Waals surface area (Å²) in [6.07, 6.45) is 1.45. The molecule has 2 aromatic rings. The van der Waals surface area contributed by atoms with E-state index in [9.17, 15) is 19.2 Å². The van der Waals surface area contributed by atoms with Gasteiger partial charge in [-0.2, -0.15) is 0 Å². The number of piperidine rings is 1. The summed E-state index contributed by atoms with van der Waals surface area (Å²) in [6, 6.07) is 13.0. The Hall–Kier alpha value is -3.42. The number of para-hydroxylation sites is 1. The van der Waals surface area contributed by atoms with Gasteiger partial charge in [0.05, 0.1) is 5.69 Å². The first-order valence-electron chi connectivity index (χ1n) is 10.7. The van der Waals surface area contributed by atoms with Crippen molar-refractivity contribution < 1.29 is 14.4 Å². The van der Waals surface area contributed by atoms with Gasteiger partial charge in [-0.15, -0.1) is 0 Å². The molecule has 5 rings (SSSR count). The molecule has 1 N–H and O–H groups in total. The van der Waals surface area contributed by atoms with E-state index in [1.165, 1.54) is 0 Å². The third-order valence-corrected chi connectivity index (χ3v) is 6.51. The summed E-state index contributed by atoms with van der Waals surface area (Å²) in [4.78, 5) is 53.1. The summed E-state index contributed by atoms with van der Waals surface area (Å²) in [6.45, 7) is 1.84. The zero-order valence-corrected chi connectivity index (χ0v) is 17.1. The number of imide groups is 1. The van der Waals surface area contributed by atoms with Gasteiger partial charge in [0.15, 0.2) is 0 Å². The molecule has 4 amide bonds. The van der Waals surface area contributed by atoms with Gasteiger partial charge >= 0.3 is 6.03 Å². The minimum absolute atomic E-state index is 0.0124. The molecule has 2 bridgehead atoms. The highest BCUT2D eigenvalue weighted by atomic mass is 16.2. The largest absolute Gasteiger partial charge is 0.342 e. The summed E-state index contributed by atoms with van der Waals surface area (Å²) < 4.78 is 1.84. The number of nitrogens with zero attached hydrogens (tertiary/aromatic N) is 3. The molecule has 8 nitrogen and oxygen atoms in total. The van der Waals surface area contributed by atoms with E-state index in [0.29, 0.717) is 25.3 Å². The van der Waals surface area contributed by atoms with Gasteiger partial charge in [-0.1, -0.05) is 24.3 Å². The zero-order chi connectivity index (χ0) is 21.5. The van der Waals surface area contributed by atoms with E-state index in [4.69, 9.17) is 0 Å². The highest BCUT2D eigenvalue weighted by Crippen LogP contribution is 2.35. The van der Waals surface area contributed by atoms with Crippen molar-refractivity contribution in [1.82, 2.24) is 14.8 Å². The van der Waals surface area contributed by atoms with Crippen molar-refractivity contribution in [3.8, 4) is 0 Å². The van der Waals surface area contributed by atoms with Crippen molar-refractivity contribution in [3.05, 3.63) is 64.6 Å². The molecule has 2 unspecified atom stereocenters. The van der Waals surface area contributed by atoms with E-state index < -0.39 is 12.1 Å². The molecule has 1 aromatic carbocycles. The van der Waals surface area contributed by atoms with Crippen LogP contribution in [0, 0.1) is 5.92 Å². The lowest BCUT2D eigenvalue weighted by Gasteiger charge is -2.42. The molecule has 3 atom stereocenters. The number of rotatable bonds is 4. The first-order chi connectivity index (χ1) is 15.0. The van der Waals surface area contributed by atoms with Gasteiger partial charge in [-0.05, 0) is 37.0 Å². The van der Waals surface area contributed by atoms with Crippen molar-refractivity contribution in [1.29, 1.82) is 0 Å². The Morgan fingerprint density at radius 1 is 0.968 bits per heavy atom. The quantitative estimate of drug-likeness (QED) is 0.762. The van der Waals surface area contributed by atoms with Gasteiger partial charge in [-0.3, -0.25) is 14.4 Å². The Bertz CT molecular complexity index is 1100. The second-order valence-electron chi connectivity index (χ2n) is 8.55. The van der Waals surface area contributed by atoms with E-state index in [0.717, 1.165) is 17.0 Å². The highest BCUT2D eigenvalue weighted by molar-refractivity contribution is 6.21. The number of hydrogen-bond donors (Lipinski definition) is 1. The summed E-state index contributed by atoms with van der Waals surface area (Å²) in [5, 5.41) is 2.70. The third-order valence-electron chi connectivity index (χ3n) is 6.51. The lowest BCUT2D eigenvalue weighted by atomic mass is 9.83. The van der Waals surface area contributed by atoms with Gasteiger partial charge < -0.3 is 14.8 Å². The Labute approximate surface area is 179 Å². The van der Waals surface area contributed by atoms with Crippen LogP contribution in [-0.4, -0.2) is 46.4 Å². The van der Waals surface area contributed by atoms with Crippen LogP contribution in [0.25, 0.3) is 0 Å². The Morgan fingerprint density at radius 2 is 1.77 bits per heavy atom. The van der Waals surface area contributed by atoms with Crippen LogP contribution in [0.4, 0.5) is 10.5 Å². The third kappa shape index (κ3) is 3.52. The second kappa shape index (κ2) is 7.68. The maximum absolute atomic E-state index is 12.9. The summed E-state index contributed by atoms with van der Waals surface area (Å²) in [5.74, 6) is 0.0814. The van der Waals surface area contributed by atoms with Crippen LogP contribution >= 0.6 is 0 Å². The predicted octanol–water partition coefficient (Wildman–Crippen LogP) is 1.70. The van der Waals surface area contributed by atoms with Gasteiger partial charge in [-0.25, -0.2) is 9.69 Å². The van der Waals surface area contributed by atoms with E-state index in [1.807, 2.05) is 21.6 Å². The van der Waals surface area contributed by atoms with Gasteiger partial charge in [0, 0.05) is 43.7 Å². The maximum Gasteiger partial charge on any atom is 0.329 e. The van der Waals surface area contributed by atoms with Crippen LogP contribution in [0.5, 0.6) is 0 Å². The van der Waals surface area contributed by atoms with Crippen molar-refractivity contribution in [2.45, 2.75) is 37.8 Å². The molecule has 31 heavy (non-hydrogen) atoms. The number of hydrogen-bond acceptors (Lipinski definition) is 4. The average Bonchev–Trinajstić information content (AvgIpc) is 3.06. The Balaban J connectivity index is 1.22. The highest BCUT2D eigenvalue weighted by Gasteiger charge is 2.40. The van der Waals surface area contributed by atoms with Crippen LogP contribution in [-0.2, 0) is 16.1 Å². The fourth-order valence-corrected chi connectivity index (χ4v) is 5.07. The second-order valence-corrected chi connectivity index (χ2v) is 8.55. The Morgan fingerprint density at radius 3 is 2.58 bits per heavy atom. The van der Waals surface area contributed by atoms with Crippen LogP contribution in [0.2, 0.25) is 0 Å². The molecular formula is C23H24N4O4. The molecule has 4 heterocycles. The normalized spacial score (nSPS) is 24.7. The lowest BCUT2D eigenvalue weighted by molar-refractivity contribution is -0.134. The van der Waals surface area contributed by atoms with Gasteiger partial charge in [0.2, 0.25) is 5.91 Å². The number of anilines is 1. The summed E-state index contributed by atoms with van der Waals surface area (Å²) in [7, 11) is 0. The van der Waals surface area contributed by atoms with Crippen molar-refractivity contribution in [3.63, 3.8) is 0 Å². The average molecular weight is 420 g/mol. The predicted molar refractivity (Wildman–Crippen MR) is 114 cm³/mol. The van der Waals surface area contributed by atoms with Crippen molar-refractivity contribution in [2.75, 3.05) is 18.0 Å². The SMILES string of the molecule is O=C(CC[C@@H]1NC(=O)N(c2ccccc2)C1=O)N1CC2CC(C1)c1cccc(=O)n1C2. The van der Waals surface area contributed by atoms with Gasteiger partial charge in [0.1, 0.15) is 6.04 Å². The summed E-state index contributed by atoms with van der Waals surface area (Å²) in [5.41, 5.74) is 1.54. The minimum Gasteiger partial charge on any atom is -0.342 e. The first kappa shape index (κ1) is 19.5. The molecule has 3 aliphatic rings. The fourth-order valence-electron chi connectivity index (χ4n) is 5.07. The number of pyridine rings is 1. The first-order valence-corrected chi connectivity index (χ1v) is 10.7. The molecule has 160 valence electrons. The number of likely N-dealkylation sites (tertiary alicyclic amines) is 1. The molecule has 2 saturated heterocycles. The molecule has 0 aliphatic carbocycles. The topological polar surface area (TPSA) is 91.7 Å². The van der Waals surface area contributed by atoms with Crippen LogP contribution in [0.1, 0.15) is 30.9 Å². The number of benzene rings is 1.